The van der Waals surface area contributed by atoms with Crippen LogP contribution in [-0.2, 0) is 14.3 Å². The van der Waals surface area contributed by atoms with Gasteiger partial charge in [0.1, 0.15) is 19.0 Å². The Morgan fingerprint density at radius 2 is 1.59 bits per heavy atom. The molecule has 0 aliphatic carbocycles. The van der Waals surface area contributed by atoms with Gasteiger partial charge in [0.2, 0.25) is 5.91 Å². The first-order valence-corrected chi connectivity index (χ1v) is 12.8. The van der Waals surface area contributed by atoms with E-state index in [-0.39, 0.29) is 30.4 Å². The monoisotopic (exact) mass is 562 g/mol. The van der Waals surface area contributed by atoms with E-state index in [9.17, 15) is 14.4 Å². The highest BCUT2D eigenvalue weighted by molar-refractivity contribution is 5.95. The van der Waals surface area contributed by atoms with Crippen LogP contribution in [0.4, 0.5) is 11.4 Å². The number of anilines is 2. The van der Waals surface area contributed by atoms with Crippen molar-refractivity contribution in [3.05, 3.63) is 90.2 Å². The number of ether oxygens (including phenoxy) is 2. The smallest absolute Gasteiger partial charge is 0.333 e. The molecule has 0 aliphatic rings. The molecule has 6 N–H and O–H groups in total. The van der Waals surface area contributed by atoms with E-state index >= 15 is 0 Å². The van der Waals surface area contributed by atoms with E-state index in [4.69, 9.17) is 20.9 Å². The molecule has 220 valence electrons. The van der Waals surface area contributed by atoms with Gasteiger partial charge in [0.05, 0.1) is 0 Å². The molecule has 9 heteroatoms. The summed E-state index contributed by atoms with van der Waals surface area (Å²) in [7, 11) is 0. The van der Waals surface area contributed by atoms with Crippen LogP contribution in [0.25, 0.3) is 0 Å². The number of hydrogen-bond acceptors (Lipinski definition) is 7. The van der Waals surface area contributed by atoms with Crippen LogP contribution >= 0.6 is 0 Å². The lowest BCUT2D eigenvalue weighted by Gasteiger charge is -2.17. The van der Waals surface area contributed by atoms with Gasteiger partial charge in [-0.15, -0.1) is 12.8 Å². The van der Waals surface area contributed by atoms with Crippen LogP contribution in [0, 0.1) is 18.3 Å². The lowest BCUT2D eigenvalue weighted by molar-refractivity contribution is -0.139. The highest BCUT2D eigenvalue weighted by Crippen LogP contribution is 2.18. The number of terminal acetylenes is 1. The molecule has 2 rings (SSSR count). The molecule has 0 bridgehead atoms. The average molecular weight is 563 g/mol. The van der Waals surface area contributed by atoms with Crippen molar-refractivity contribution in [2.24, 2.45) is 11.1 Å². The summed E-state index contributed by atoms with van der Waals surface area (Å²) < 4.78 is 10.4. The first-order chi connectivity index (χ1) is 19.3. The zero-order valence-electron chi connectivity index (χ0n) is 24.5. The molecule has 41 heavy (non-hydrogen) atoms. The molecule has 9 nitrogen and oxygen atoms in total. The molecule has 0 saturated heterocycles. The second kappa shape index (κ2) is 19.1. The van der Waals surface area contributed by atoms with E-state index in [1.54, 1.807) is 73.7 Å². The van der Waals surface area contributed by atoms with Crippen molar-refractivity contribution in [1.29, 1.82) is 0 Å². The first kappa shape index (κ1) is 36.0. The molecular formula is C32H42N4O5. The lowest BCUT2D eigenvalue weighted by atomic mass is 9.95. The molecule has 0 atom stereocenters. The number of allylic oxidation sites excluding steroid dienone is 2. The van der Waals surface area contributed by atoms with Gasteiger partial charge in [-0.3, -0.25) is 9.59 Å². The van der Waals surface area contributed by atoms with Crippen molar-refractivity contribution in [2.75, 3.05) is 30.8 Å². The molecule has 0 saturated carbocycles. The number of nitrogen functional groups attached to an aromatic ring is 1. The van der Waals surface area contributed by atoms with Crippen LogP contribution in [0.2, 0.25) is 0 Å². The minimum absolute atomic E-state index is 0.00210. The molecule has 0 aromatic heterocycles. The lowest BCUT2D eigenvalue weighted by Crippen LogP contribution is -2.27. The summed E-state index contributed by atoms with van der Waals surface area (Å²) >= 11 is 0. The standard InChI is InChI=1S/C19H24N2O4.C11H16N2O.C2H2/c1-4-16(20)6-5-11-21-18(22)15-7-9-17(10-8-15)24-12-13-25-19(23)14(2)3;1-11(2,3)10(14)13-9-6-4-8(12)5-7-9;1-2/h4-10H,2,11-13,20H2,1,3H3,(H,21,22);4-7H,12H2,1-3H3,(H,13,14);1-2H/b6-5-,16-4+;;. The fourth-order valence-corrected chi connectivity index (χ4v) is 2.55. The largest absolute Gasteiger partial charge is 0.490 e. The van der Waals surface area contributed by atoms with Gasteiger partial charge in [-0.2, -0.15) is 0 Å². The van der Waals surface area contributed by atoms with Crippen LogP contribution in [-0.4, -0.2) is 37.5 Å². The third-order valence-electron chi connectivity index (χ3n) is 4.92. The summed E-state index contributed by atoms with van der Waals surface area (Å²) in [5, 5.41) is 5.57. The van der Waals surface area contributed by atoms with Crippen LogP contribution in [0.15, 0.2) is 84.6 Å². The molecule has 0 fully saturated rings. The number of carbonyl (C=O) groups excluding carboxylic acids is 3. The zero-order chi connectivity index (χ0) is 31.4. The van der Waals surface area contributed by atoms with Gasteiger partial charge < -0.3 is 31.6 Å². The Balaban J connectivity index is 0.000000843. The number of amides is 2. The van der Waals surface area contributed by atoms with Crippen LogP contribution < -0.4 is 26.8 Å². The van der Waals surface area contributed by atoms with Gasteiger partial charge in [-0.1, -0.05) is 39.5 Å². The van der Waals surface area contributed by atoms with Crippen molar-refractivity contribution in [1.82, 2.24) is 5.32 Å². The van der Waals surface area contributed by atoms with E-state index < -0.39 is 5.97 Å². The number of rotatable bonds is 10. The van der Waals surface area contributed by atoms with Crippen molar-refractivity contribution in [2.45, 2.75) is 34.6 Å². The summed E-state index contributed by atoms with van der Waals surface area (Å²) in [4.78, 5) is 34.7. The van der Waals surface area contributed by atoms with Gasteiger partial charge in [-0.05, 0) is 68.5 Å². The third-order valence-corrected chi connectivity index (χ3v) is 4.92. The fraction of sp³-hybridized carbons (Fsp3) is 0.281. The molecule has 0 unspecified atom stereocenters. The Kier molecular flexibility index (Phi) is 16.8. The number of hydrogen-bond donors (Lipinski definition) is 4. The van der Waals surface area contributed by atoms with Gasteiger partial charge in [0.25, 0.3) is 5.91 Å². The number of esters is 1. The molecule has 2 aromatic rings. The maximum atomic E-state index is 12.0. The summed E-state index contributed by atoms with van der Waals surface area (Å²) in [6.07, 6.45) is 13.3. The molecule has 0 heterocycles. The number of nitrogens with two attached hydrogens (primary N) is 2. The van der Waals surface area contributed by atoms with Gasteiger partial charge in [0.15, 0.2) is 0 Å². The maximum absolute atomic E-state index is 12.0. The molecule has 0 radical (unpaired) electrons. The molecular weight excluding hydrogens is 520 g/mol. The van der Waals surface area contributed by atoms with Crippen LogP contribution in [0.1, 0.15) is 45.0 Å². The second-order valence-corrected chi connectivity index (χ2v) is 9.52. The van der Waals surface area contributed by atoms with E-state index in [1.807, 2.05) is 27.7 Å². The fourth-order valence-electron chi connectivity index (χ4n) is 2.55. The second-order valence-electron chi connectivity index (χ2n) is 9.52. The predicted octanol–water partition coefficient (Wildman–Crippen LogP) is 4.84. The van der Waals surface area contributed by atoms with Crippen molar-refractivity contribution in [3.8, 4) is 18.6 Å². The van der Waals surface area contributed by atoms with Gasteiger partial charge in [-0.25, -0.2) is 4.79 Å². The van der Waals surface area contributed by atoms with Crippen molar-refractivity contribution < 1.29 is 23.9 Å². The van der Waals surface area contributed by atoms with Gasteiger partial charge >= 0.3 is 5.97 Å². The van der Waals surface area contributed by atoms with Crippen LogP contribution in [0.5, 0.6) is 5.75 Å². The minimum atomic E-state index is -0.444. The summed E-state index contributed by atoms with van der Waals surface area (Å²) in [6.45, 7) is 13.3. The van der Waals surface area contributed by atoms with Gasteiger partial charge in [0, 0.05) is 40.2 Å². The van der Waals surface area contributed by atoms with Crippen LogP contribution in [0.3, 0.4) is 0 Å². The Labute approximate surface area is 243 Å². The highest BCUT2D eigenvalue weighted by Gasteiger charge is 2.20. The van der Waals surface area contributed by atoms with E-state index in [1.165, 1.54) is 0 Å². The first-order valence-electron chi connectivity index (χ1n) is 12.8. The molecule has 0 spiro atoms. The Morgan fingerprint density at radius 3 is 2.10 bits per heavy atom. The Bertz CT molecular complexity index is 1210. The Hall–Kier alpha value is -4.97. The SMILES string of the molecule is C#C.C=C(C)C(=O)OCCOc1ccc(C(=O)NC/C=C\C(N)=C/C)cc1.CC(C)(C)C(=O)Nc1ccc(N)cc1. The molecule has 0 aliphatic heterocycles. The van der Waals surface area contributed by atoms with Crippen molar-refractivity contribution in [3.63, 3.8) is 0 Å². The normalized spacial score (nSPS) is 10.7. The summed E-state index contributed by atoms with van der Waals surface area (Å²) in [5.41, 5.74) is 13.8. The van der Waals surface area contributed by atoms with E-state index in [0.29, 0.717) is 34.8 Å². The third kappa shape index (κ3) is 15.9. The molecule has 2 aromatic carbocycles. The topological polar surface area (TPSA) is 146 Å². The minimum Gasteiger partial charge on any atom is -0.490 e. The van der Waals surface area contributed by atoms with E-state index in [0.717, 1.165) is 5.69 Å². The molecule has 2 amide bonds. The maximum Gasteiger partial charge on any atom is 0.333 e. The number of carbonyl (C=O) groups is 3. The number of nitrogens with one attached hydrogen (secondary N) is 2. The van der Waals surface area contributed by atoms with Crippen molar-refractivity contribution >= 4 is 29.2 Å². The average Bonchev–Trinajstić information content (AvgIpc) is 2.95. The predicted molar refractivity (Wildman–Crippen MR) is 166 cm³/mol. The summed E-state index contributed by atoms with van der Waals surface area (Å²) in [6, 6.07) is 13.8. The van der Waals surface area contributed by atoms with E-state index in [2.05, 4.69) is 30.1 Å². The number of benzene rings is 2. The highest BCUT2D eigenvalue weighted by atomic mass is 16.6. The quantitative estimate of drug-likeness (QED) is 0.0810. The summed E-state index contributed by atoms with van der Waals surface area (Å²) in [5.74, 6) is -0.0440. The zero-order valence-corrected chi connectivity index (χ0v) is 24.5. The Morgan fingerprint density at radius 1 is 1.00 bits per heavy atom.